The quantitative estimate of drug-likeness (QED) is 0.170. The summed E-state index contributed by atoms with van der Waals surface area (Å²) in [5.41, 5.74) is 2.05. The maximum Gasteiger partial charge on any atom is 0.344 e. The molecule has 1 amide bonds. The van der Waals surface area contributed by atoms with E-state index >= 15 is 0 Å². The van der Waals surface area contributed by atoms with E-state index in [-0.39, 0.29) is 5.11 Å². The Morgan fingerprint density at radius 2 is 1.71 bits per heavy atom. The lowest BCUT2D eigenvalue weighted by atomic mass is 10.1. The number of hydrogen-bond acceptors (Lipinski definition) is 4. The van der Waals surface area contributed by atoms with Crippen LogP contribution >= 0.6 is 47.0 Å². The Morgan fingerprint density at radius 1 is 0.912 bits per heavy atom. The second-order valence-corrected chi connectivity index (χ2v) is 8.78. The fourth-order valence-corrected chi connectivity index (χ4v) is 4.15. The maximum absolute atomic E-state index is 12.4. The van der Waals surface area contributed by atoms with Crippen molar-refractivity contribution in [3.8, 4) is 11.1 Å². The third kappa shape index (κ3) is 5.66. The van der Waals surface area contributed by atoms with E-state index in [4.69, 9.17) is 51.4 Å². The number of para-hydroxylation sites is 1. The molecular formula is C25H15Cl3N2O3S. The molecule has 0 saturated heterocycles. The van der Waals surface area contributed by atoms with Gasteiger partial charge in [-0.25, -0.2) is 4.79 Å². The third-order valence-electron chi connectivity index (χ3n) is 4.77. The Balaban J connectivity index is 1.45. The molecule has 5 nitrogen and oxygen atoms in total. The lowest BCUT2D eigenvalue weighted by Gasteiger charge is -2.11. The van der Waals surface area contributed by atoms with Gasteiger partial charge >= 0.3 is 5.63 Å². The largest absolute Gasteiger partial charge is 0.422 e. The van der Waals surface area contributed by atoms with Crippen LogP contribution in [0.2, 0.25) is 15.1 Å². The normalized spacial score (nSPS) is 11.0. The molecule has 4 rings (SSSR count). The van der Waals surface area contributed by atoms with Gasteiger partial charge in [-0.05, 0) is 60.3 Å². The Morgan fingerprint density at radius 3 is 2.47 bits per heavy atom. The van der Waals surface area contributed by atoms with E-state index in [2.05, 4.69) is 10.6 Å². The SMILES string of the molecule is O=C(C=Cc1ccc(Cl)cc1Cl)NC(=S)Nc1ccc(-c2cc3ccccc3oc2=O)c(Cl)c1. The summed E-state index contributed by atoms with van der Waals surface area (Å²) >= 11 is 23.6. The summed E-state index contributed by atoms with van der Waals surface area (Å²) < 4.78 is 5.39. The molecule has 4 aromatic rings. The average molecular weight is 530 g/mol. The van der Waals surface area contributed by atoms with Crippen molar-refractivity contribution >= 4 is 80.8 Å². The molecular weight excluding hydrogens is 515 g/mol. The van der Waals surface area contributed by atoms with Crippen LogP contribution in [0.3, 0.4) is 0 Å². The van der Waals surface area contributed by atoms with Gasteiger partial charge in [0.1, 0.15) is 5.58 Å². The van der Waals surface area contributed by atoms with Crippen LogP contribution in [-0.4, -0.2) is 11.0 Å². The minimum atomic E-state index is -0.489. The molecule has 170 valence electrons. The maximum atomic E-state index is 12.4. The molecule has 2 N–H and O–H groups in total. The first kappa shape index (κ1) is 24.0. The number of hydrogen-bond donors (Lipinski definition) is 2. The molecule has 1 aromatic heterocycles. The van der Waals surface area contributed by atoms with Gasteiger partial charge in [0.25, 0.3) is 0 Å². The zero-order valence-corrected chi connectivity index (χ0v) is 20.4. The van der Waals surface area contributed by atoms with Crippen LogP contribution in [0, 0.1) is 0 Å². The lowest BCUT2D eigenvalue weighted by Crippen LogP contribution is -2.32. The highest BCUT2D eigenvalue weighted by atomic mass is 35.5. The van der Waals surface area contributed by atoms with Crippen LogP contribution in [0.4, 0.5) is 5.69 Å². The van der Waals surface area contributed by atoms with Gasteiger partial charge in [-0.2, -0.15) is 0 Å². The van der Waals surface area contributed by atoms with Crippen LogP contribution in [0.1, 0.15) is 5.56 Å². The monoisotopic (exact) mass is 528 g/mol. The number of carbonyl (C=O) groups is 1. The van der Waals surface area contributed by atoms with Crippen molar-refractivity contribution in [1.29, 1.82) is 0 Å². The van der Waals surface area contributed by atoms with E-state index in [1.54, 1.807) is 60.7 Å². The summed E-state index contributed by atoms with van der Waals surface area (Å²) in [6.45, 7) is 0. The molecule has 0 spiro atoms. The Bertz CT molecular complexity index is 1520. The lowest BCUT2D eigenvalue weighted by molar-refractivity contribution is -0.115. The zero-order valence-electron chi connectivity index (χ0n) is 17.3. The van der Waals surface area contributed by atoms with Crippen molar-refractivity contribution in [2.75, 3.05) is 5.32 Å². The molecule has 9 heteroatoms. The number of thiocarbonyl (C=S) groups is 1. The smallest absolute Gasteiger partial charge is 0.344 e. The molecule has 0 fully saturated rings. The fraction of sp³-hybridized carbons (Fsp3) is 0. The van der Waals surface area contributed by atoms with Gasteiger partial charge in [-0.3, -0.25) is 10.1 Å². The van der Waals surface area contributed by atoms with E-state index < -0.39 is 11.5 Å². The minimum absolute atomic E-state index is 0.0749. The second-order valence-electron chi connectivity index (χ2n) is 7.12. The van der Waals surface area contributed by atoms with E-state index in [1.165, 1.54) is 6.08 Å². The Hall–Kier alpha value is -3.16. The van der Waals surface area contributed by atoms with Crippen LogP contribution in [0.25, 0.3) is 28.2 Å². The Kier molecular flexibility index (Phi) is 7.34. The van der Waals surface area contributed by atoms with Crippen molar-refractivity contribution < 1.29 is 9.21 Å². The van der Waals surface area contributed by atoms with Crippen LogP contribution in [0.15, 0.2) is 82.0 Å². The molecule has 34 heavy (non-hydrogen) atoms. The second kappa shape index (κ2) is 10.4. The number of carbonyl (C=O) groups excluding carboxylic acids is 1. The van der Waals surface area contributed by atoms with Gasteiger partial charge < -0.3 is 9.73 Å². The van der Waals surface area contributed by atoms with Crippen molar-refractivity contribution in [2.45, 2.75) is 0 Å². The van der Waals surface area contributed by atoms with Gasteiger partial charge in [0.15, 0.2) is 5.11 Å². The number of anilines is 1. The molecule has 0 unspecified atom stereocenters. The van der Waals surface area contributed by atoms with E-state index in [0.29, 0.717) is 43.0 Å². The van der Waals surface area contributed by atoms with Crippen molar-refractivity contribution in [2.24, 2.45) is 0 Å². The van der Waals surface area contributed by atoms with Crippen molar-refractivity contribution in [3.05, 3.63) is 104 Å². The number of rotatable bonds is 4. The van der Waals surface area contributed by atoms with Gasteiger partial charge in [-0.15, -0.1) is 0 Å². The molecule has 0 atom stereocenters. The van der Waals surface area contributed by atoms with E-state index in [0.717, 1.165) is 5.39 Å². The van der Waals surface area contributed by atoms with E-state index in [1.807, 2.05) is 12.1 Å². The summed E-state index contributed by atoms with van der Waals surface area (Å²) in [6.07, 6.45) is 2.86. The number of amides is 1. The highest BCUT2D eigenvalue weighted by Crippen LogP contribution is 2.30. The molecule has 0 radical (unpaired) electrons. The average Bonchev–Trinajstić information content (AvgIpc) is 2.78. The summed E-state index contributed by atoms with van der Waals surface area (Å²) in [7, 11) is 0. The first-order valence-corrected chi connectivity index (χ1v) is 11.4. The van der Waals surface area contributed by atoms with Gasteiger partial charge in [0, 0.05) is 32.8 Å². The summed E-state index contributed by atoms with van der Waals surface area (Å²) in [6, 6.07) is 18.9. The topological polar surface area (TPSA) is 71.3 Å². The standard InChI is InChI=1S/C25H15Cl3N2O3S/c26-16-7-5-14(20(27)12-16)6-10-23(31)30-25(34)29-17-8-9-18(21(28)13-17)19-11-15-3-1-2-4-22(15)33-24(19)32/h1-13H,(H2,29,30,31,34). The molecule has 3 aromatic carbocycles. The number of fused-ring (bicyclic) bond motifs is 1. The van der Waals surface area contributed by atoms with Gasteiger partial charge in [0.2, 0.25) is 5.91 Å². The molecule has 0 aliphatic carbocycles. The third-order valence-corrected chi connectivity index (χ3v) is 5.85. The molecule has 0 saturated carbocycles. The highest BCUT2D eigenvalue weighted by Gasteiger charge is 2.12. The predicted octanol–water partition coefficient (Wildman–Crippen LogP) is 6.95. The summed E-state index contributed by atoms with van der Waals surface area (Å²) in [4.78, 5) is 24.6. The van der Waals surface area contributed by atoms with Gasteiger partial charge in [-0.1, -0.05) is 65.1 Å². The van der Waals surface area contributed by atoms with Crippen molar-refractivity contribution in [3.63, 3.8) is 0 Å². The minimum Gasteiger partial charge on any atom is -0.422 e. The van der Waals surface area contributed by atoms with Crippen molar-refractivity contribution in [1.82, 2.24) is 5.32 Å². The number of nitrogens with one attached hydrogen (secondary N) is 2. The highest BCUT2D eigenvalue weighted by molar-refractivity contribution is 7.80. The number of halogens is 3. The van der Waals surface area contributed by atoms with E-state index in [9.17, 15) is 9.59 Å². The van der Waals surface area contributed by atoms with Crippen LogP contribution in [-0.2, 0) is 4.79 Å². The predicted molar refractivity (Wildman–Crippen MR) is 143 cm³/mol. The summed E-state index contributed by atoms with van der Waals surface area (Å²) in [5, 5.41) is 7.54. The molecule has 0 bridgehead atoms. The fourth-order valence-electron chi connectivity index (χ4n) is 3.18. The molecule has 1 heterocycles. The van der Waals surface area contributed by atoms with Crippen LogP contribution in [0.5, 0.6) is 0 Å². The first-order chi connectivity index (χ1) is 16.3. The first-order valence-electron chi connectivity index (χ1n) is 9.88. The Labute approximate surface area is 214 Å². The van der Waals surface area contributed by atoms with Crippen LogP contribution < -0.4 is 16.3 Å². The number of benzene rings is 3. The molecule has 0 aliphatic heterocycles. The zero-order chi connectivity index (χ0) is 24.2. The van der Waals surface area contributed by atoms with Gasteiger partial charge in [0.05, 0.1) is 10.6 Å². The molecule has 0 aliphatic rings. The summed E-state index contributed by atoms with van der Waals surface area (Å²) in [5.74, 6) is -0.444.